The van der Waals surface area contributed by atoms with Gasteiger partial charge in [-0.15, -0.1) is 28.2 Å². The Bertz CT molecular complexity index is 1280. The van der Waals surface area contributed by atoms with Crippen LogP contribution in [-0.2, 0) is 25.7 Å². The lowest BCUT2D eigenvalue weighted by Crippen LogP contribution is -2.70. The molecule has 14 nitrogen and oxygen atoms in total. The lowest BCUT2D eigenvalue weighted by molar-refractivity contribution is -0.150. The Hall–Kier alpha value is -3.15. The maximum atomic E-state index is 12.9. The van der Waals surface area contributed by atoms with Gasteiger partial charge in [-0.3, -0.25) is 19.3 Å². The summed E-state index contributed by atoms with van der Waals surface area (Å²) in [7, 11) is 0. The molecule has 2 aromatic rings. The molecule has 2 aromatic heterocycles. The number of carboxylic acid groups (broad SMARTS) is 1. The summed E-state index contributed by atoms with van der Waals surface area (Å²) in [6, 6.07) is -0.943. The second kappa shape index (κ2) is 10.2. The number of nitrogens with two attached hydrogens (primary N) is 2. The first-order chi connectivity index (χ1) is 16.7. The molecule has 3 amide bonds. The number of thiazole rings is 1. The van der Waals surface area contributed by atoms with Crippen LogP contribution in [-0.4, -0.2) is 81.8 Å². The van der Waals surface area contributed by atoms with E-state index in [0.29, 0.717) is 5.57 Å². The molecule has 0 radical (unpaired) electrons. The van der Waals surface area contributed by atoms with Crippen LogP contribution in [0.5, 0.6) is 0 Å². The van der Waals surface area contributed by atoms with Crippen LogP contribution in [0.3, 0.4) is 0 Å². The Balaban J connectivity index is 1.47. The van der Waals surface area contributed by atoms with Gasteiger partial charge in [-0.2, -0.15) is 0 Å². The molecule has 0 bridgehead atoms. The van der Waals surface area contributed by atoms with Crippen LogP contribution >= 0.6 is 46.5 Å². The van der Waals surface area contributed by atoms with Crippen LogP contribution in [0.1, 0.15) is 5.69 Å². The Morgan fingerprint density at radius 3 is 2.80 bits per heavy atom. The standard InChI is InChI=1S/C17H16ClN9O5S3/c18-1-7(8-5-34-16(20)21-8)12(29)22-10-13(30)27-11(15(31)32)6(3-33-14(10)27)4-35-17-23-24-25-26(17)2-9(19)28/h1,5,10,14H,2-4H2,(H2,19,28)(H2,20,21)(H,22,29)(H,31,32)/b7-1+/t10?,14-/m1/s1. The second-order valence-corrected chi connectivity index (χ2v) is 10.2. The van der Waals surface area contributed by atoms with Crippen LogP contribution in [0.15, 0.2) is 27.3 Å². The van der Waals surface area contributed by atoms with E-state index in [0.717, 1.165) is 33.5 Å². The first-order valence-corrected chi connectivity index (χ1v) is 13.0. The minimum Gasteiger partial charge on any atom is -0.477 e. The van der Waals surface area contributed by atoms with E-state index in [1.165, 1.54) is 16.4 Å². The Labute approximate surface area is 214 Å². The van der Waals surface area contributed by atoms with E-state index in [2.05, 4.69) is 25.8 Å². The zero-order chi connectivity index (χ0) is 25.3. The van der Waals surface area contributed by atoms with E-state index in [4.69, 9.17) is 23.1 Å². The number of aliphatic carboxylic acids is 1. The van der Waals surface area contributed by atoms with Crippen molar-refractivity contribution in [1.82, 2.24) is 35.4 Å². The number of nitrogens with one attached hydrogen (secondary N) is 1. The molecule has 18 heteroatoms. The van der Waals surface area contributed by atoms with E-state index in [1.54, 1.807) is 5.38 Å². The van der Waals surface area contributed by atoms with Gasteiger partial charge in [-0.25, -0.2) is 14.5 Å². The number of carbonyl (C=O) groups is 4. The number of carbonyl (C=O) groups excluding carboxylic acids is 3. The van der Waals surface area contributed by atoms with Gasteiger partial charge in [0.25, 0.3) is 11.8 Å². The fraction of sp³-hybridized carbons (Fsp3) is 0.294. The number of anilines is 1. The zero-order valence-corrected chi connectivity index (χ0v) is 20.7. The van der Waals surface area contributed by atoms with Gasteiger partial charge < -0.3 is 21.9 Å². The molecular formula is C17H16ClN9O5S3. The van der Waals surface area contributed by atoms with Gasteiger partial charge in [0.15, 0.2) is 5.13 Å². The molecule has 1 fully saturated rings. The molecule has 2 aliphatic heterocycles. The van der Waals surface area contributed by atoms with E-state index < -0.39 is 35.1 Å². The van der Waals surface area contributed by atoms with Gasteiger partial charge in [-0.1, -0.05) is 23.4 Å². The molecule has 1 saturated heterocycles. The van der Waals surface area contributed by atoms with Crippen LogP contribution in [0.25, 0.3) is 5.57 Å². The smallest absolute Gasteiger partial charge is 0.352 e. The predicted molar refractivity (Wildman–Crippen MR) is 128 cm³/mol. The number of hydrogen-bond acceptors (Lipinski definition) is 12. The van der Waals surface area contributed by atoms with Crippen molar-refractivity contribution in [2.24, 2.45) is 5.73 Å². The Morgan fingerprint density at radius 1 is 1.40 bits per heavy atom. The van der Waals surface area contributed by atoms with Gasteiger partial charge in [0.1, 0.15) is 23.7 Å². The number of thioether (sulfide) groups is 2. The van der Waals surface area contributed by atoms with Gasteiger partial charge >= 0.3 is 5.97 Å². The molecule has 184 valence electrons. The fourth-order valence-corrected chi connectivity index (χ4v) is 6.48. The van der Waals surface area contributed by atoms with Gasteiger partial charge in [-0.05, 0) is 16.0 Å². The third kappa shape index (κ3) is 4.97. The van der Waals surface area contributed by atoms with Crippen molar-refractivity contribution in [1.29, 1.82) is 0 Å². The van der Waals surface area contributed by atoms with Crippen LogP contribution in [0.4, 0.5) is 5.13 Å². The number of aromatic nitrogens is 5. The number of primary amides is 1. The van der Waals surface area contributed by atoms with Crippen molar-refractivity contribution < 1.29 is 24.3 Å². The molecule has 1 unspecified atom stereocenters. The van der Waals surface area contributed by atoms with Crippen molar-refractivity contribution in [2.45, 2.75) is 23.1 Å². The molecule has 6 N–H and O–H groups in total. The van der Waals surface area contributed by atoms with Crippen LogP contribution in [0, 0.1) is 0 Å². The molecule has 0 spiro atoms. The third-order valence-electron chi connectivity index (χ3n) is 4.87. The summed E-state index contributed by atoms with van der Waals surface area (Å²) in [5.41, 5.74) is 12.4. The quantitative estimate of drug-likeness (QED) is 0.171. The molecule has 35 heavy (non-hydrogen) atoms. The summed E-state index contributed by atoms with van der Waals surface area (Å²) in [6.07, 6.45) is 0. The number of amides is 3. The number of hydrogen-bond donors (Lipinski definition) is 4. The molecule has 2 aliphatic rings. The van der Waals surface area contributed by atoms with Crippen molar-refractivity contribution in [2.75, 3.05) is 17.2 Å². The maximum absolute atomic E-state index is 12.9. The summed E-state index contributed by atoms with van der Waals surface area (Å²) in [4.78, 5) is 53.9. The number of nitrogens with zero attached hydrogens (tertiary/aromatic N) is 6. The number of tetrazole rings is 1. The molecule has 0 aromatic carbocycles. The lowest BCUT2D eigenvalue weighted by Gasteiger charge is -2.49. The molecule has 4 rings (SSSR count). The number of halogens is 1. The molecule has 2 atom stereocenters. The molecular weight excluding hydrogens is 542 g/mol. The van der Waals surface area contributed by atoms with Crippen LogP contribution < -0.4 is 16.8 Å². The largest absolute Gasteiger partial charge is 0.477 e. The second-order valence-electron chi connectivity index (χ2n) is 7.09. The van der Waals surface area contributed by atoms with E-state index >= 15 is 0 Å². The predicted octanol–water partition coefficient (Wildman–Crippen LogP) is -0.692. The summed E-state index contributed by atoms with van der Waals surface area (Å²) < 4.78 is 1.20. The van der Waals surface area contributed by atoms with E-state index in [-0.39, 0.29) is 45.3 Å². The Morgan fingerprint density at radius 2 is 2.17 bits per heavy atom. The van der Waals surface area contributed by atoms with Crippen molar-refractivity contribution in [3.05, 3.63) is 27.9 Å². The highest BCUT2D eigenvalue weighted by Gasteiger charge is 2.54. The van der Waals surface area contributed by atoms with E-state index in [1.807, 2.05) is 0 Å². The highest BCUT2D eigenvalue weighted by atomic mass is 35.5. The number of rotatable bonds is 9. The average Bonchev–Trinajstić information content (AvgIpc) is 3.43. The highest BCUT2D eigenvalue weighted by molar-refractivity contribution is 8.01. The van der Waals surface area contributed by atoms with Crippen molar-refractivity contribution >= 4 is 80.9 Å². The zero-order valence-electron chi connectivity index (χ0n) is 17.5. The number of nitrogen functional groups attached to an aromatic ring is 1. The van der Waals surface area contributed by atoms with E-state index in [9.17, 15) is 24.3 Å². The number of carboxylic acids is 1. The lowest BCUT2D eigenvalue weighted by atomic mass is 10.0. The van der Waals surface area contributed by atoms with Gasteiger partial charge in [0, 0.05) is 22.4 Å². The third-order valence-corrected chi connectivity index (χ3v) is 8.14. The average molecular weight is 558 g/mol. The normalized spacial score (nSPS) is 19.9. The Kier molecular flexibility index (Phi) is 7.29. The first kappa shape index (κ1) is 25.0. The summed E-state index contributed by atoms with van der Waals surface area (Å²) >= 11 is 9.34. The summed E-state index contributed by atoms with van der Waals surface area (Å²) in [5.74, 6) is -2.67. The molecule has 0 aliphatic carbocycles. The van der Waals surface area contributed by atoms with Crippen LogP contribution in [0.2, 0.25) is 0 Å². The van der Waals surface area contributed by atoms with Crippen molar-refractivity contribution in [3.63, 3.8) is 0 Å². The highest BCUT2D eigenvalue weighted by Crippen LogP contribution is 2.41. The van der Waals surface area contributed by atoms with Gasteiger partial charge in [0.2, 0.25) is 11.1 Å². The van der Waals surface area contributed by atoms with Crippen molar-refractivity contribution in [3.8, 4) is 0 Å². The fourth-order valence-electron chi connectivity index (χ4n) is 3.34. The maximum Gasteiger partial charge on any atom is 0.352 e. The SMILES string of the molecule is NC(=O)Cn1nnnc1SCC1=C(C(=O)O)N2C(=O)C(NC(=O)/C(=C/Cl)c3csc(N)n3)[C@H]2SC1. The first-order valence-electron chi connectivity index (χ1n) is 9.61. The molecule has 4 heterocycles. The summed E-state index contributed by atoms with van der Waals surface area (Å²) in [5, 5.41) is 24.9. The minimum absolute atomic E-state index is 0.0337. The number of β-lactam (4-membered cyclic amide) rings is 1. The number of fused-ring (bicyclic) bond motifs is 1. The monoisotopic (exact) mass is 557 g/mol. The van der Waals surface area contributed by atoms with Gasteiger partial charge in [0.05, 0.1) is 11.3 Å². The molecule has 0 saturated carbocycles. The summed E-state index contributed by atoms with van der Waals surface area (Å²) in [6.45, 7) is -0.227. The topological polar surface area (TPSA) is 212 Å². The minimum atomic E-state index is -1.28.